The van der Waals surface area contributed by atoms with Crippen LogP contribution in [0.4, 0.5) is 5.69 Å². The molecular weight excluding hydrogens is 358 g/mol. The first kappa shape index (κ1) is 17.8. The van der Waals surface area contributed by atoms with Crippen molar-refractivity contribution in [2.24, 2.45) is 13.0 Å². The predicted molar refractivity (Wildman–Crippen MR) is 103 cm³/mol. The number of amides is 1. The molecule has 0 aliphatic carbocycles. The number of aryl methyl sites for hydroxylation is 2. The van der Waals surface area contributed by atoms with Crippen molar-refractivity contribution in [3.63, 3.8) is 0 Å². The number of nitrogens with one attached hydrogen (secondary N) is 2. The highest BCUT2D eigenvalue weighted by molar-refractivity contribution is 7.18. The lowest BCUT2D eigenvalue weighted by Crippen LogP contribution is -2.28. The number of anilines is 1. The fourth-order valence-corrected chi connectivity index (χ4v) is 4.15. The van der Waals surface area contributed by atoms with E-state index >= 15 is 0 Å². The molecule has 2 atom stereocenters. The Bertz CT molecular complexity index is 905. The molecule has 0 radical (unpaired) electrons. The van der Waals surface area contributed by atoms with Crippen LogP contribution in [0.2, 0.25) is 0 Å². The Balaban J connectivity index is 0.00000182. The molecule has 3 aromatic rings. The molecule has 0 spiro atoms. The van der Waals surface area contributed by atoms with E-state index in [2.05, 4.69) is 20.7 Å². The second kappa shape index (κ2) is 7.11. The van der Waals surface area contributed by atoms with E-state index in [0.29, 0.717) is 6.54 Å². The van der Waals surface area contributed by atoms with Crippen molar-refractivity contribution >= 4 is 45.6 Å². The number of thiazole rings is 1. The molecule has 0 bridgehead atoms. The summed E-state index contributed by atoms with van der Waals surface area (Å²) >= 11 is 1.64. The van der Waals surface area contributed by atoms with Crippen LogP contribution in [0, 0.1) is 12.8 Å². The summed E-state index contributed by atoms with van der Waals surface area (Å²) in [5.41, 5.74) is 2.91. The van der Waals surface area contributed by atoms with Gasteiger partial charge in [0.1, 0.15) is 0 Å². The molecule has 1 fully saturated rings. The zero-order valence-corrected chi connectivity index (χ0v) is 15.7. The topological polar surface area (TPSA) is 71.8 Å². The maximum absolute atomic E-state index is 12.8. The van der Waals surface area contributed by atoms with E-state index in [0.717, 1.165) is 33.0 Å². The maximum atomic E-state index is 12.8. The Hall–Kier alpha value is -1.96. The summed E-state index contributed by atoms with van der Waals surface area (Å²) in [4.78, 5) is 17.2. The molecule has 1 aliphatic heterocycles. The van der Waals surface area contributed by atoms with Crippen molar-refractivity contribution in [1.82, 2.24) is 20.1 Å². The second-order valence-electron chi connectivity index (χ2n) is 6.22. The normalized spacial score (nSPS) is 19.8. The van der Waals surface area contributed by atoms with E-state index in [4.69, 9.17) is 0 Å². The quantitative estimate of drug-likeness (QED) is 0.736. The molecule has 1 amide bonds. The van der Waals surface area contributed by atoms with Crippen molar-refractivity contribution in [2.45, 2.75) is 12.8 Å². The van der Waals surface area contributed by atoms with E-state index in [9.17, 15) is 4.79 Å². The average Bonchev–Trinajstić information content (AvgIpc) is 3.24. The molecule has 1 saturated heterocycles. The van der Waals surface area contributed by atoms with Crippen molar-refractivity contribution in [1.29, 1.82) is 0 Å². The molecule has 1 aliphatic rings. The van der Waals surface area contributed by atoms with Gasteiger partial charge in [0, 0.05) is 37.9 Å². The number of carbonyl (C=O) groups excluding carboxylic acids is 1. The third-order valence-electron chi connectivity index (χ3n) is 4.47. The van der Waals surface area contributed by atoms with Gasteiger partial charge in [-0.1, -0.05) is 0 Å². The van der Waals surface area contributed by atoms with Gasteiger partial charge in [0.25, 0.3) is 0 Å². The molecule has 25 heavy (non-hydrogen) atoms. The molecule has 4 rings (SSSR count). The molecule has 3 heterocycles. The fourth-order valence-electron chi connectivity index (χ4n) is 3.29. The Morgan fingerprint density at radius 3 is 3.00 bits per heavy atom. The summed E-state index contributed by atoms with van der Waals surface area (Å²) in [5, 5.41) is 11.6. The number of aromatic nitrogens is 3. The molecule has 1 aromatic carbocycles. The van der Waals surface area contributed by atoms with Crippen LogP contribution in [0.3, 0.4) is 0 Å². The van der Waals surface area contributed by atoms with Crippen molar-refractivity contribution in [2.75, 3.05) is 18.4 Å². The number of nitrogens with zero attached hydrogens (tertiary/aromatic N) is 3. The minimum absolute atomic E-state index is 0. The van der Waals surface area contributed by atoms with Gasteiger partial charge in [-0.2, -0.15) is 5.10 Å². The van der Waals surface area contributed by atoms with Gasteiger partial charge in [0.2, 0.25) is 5.91 Å². The third kappa shape index (κ3) is 3.53. The lowest BCUT2D eigenvalue weighted by Gasteiger charge is -2.17. The first-order valence-electron chi connectivity index (χ1n) is 7.97. The Morgan fingerprint density at radius 2 is 2.24 bits per heavy atom. The highest BCUT2D eigenvalue weighted by Gasteiger charge is 2.34. The first-order valence-corrected chi connectivity index (χ1v) is 8.79. The highest BCUT2D eigenvalue weighted by atomic mass is 35.5. The monoisotopic (exact) mass is 377 g/mol. The number of fused-ring (bicyclic) bond motifs is 1. The summed E-state index contributed by atoms with van der Waals surface area (Å²) in [7, 11) is 1.90. The minimum Gasteiger partial charge on any atom is -0.326 e. The van der Waals surface area contributed by atoms with Gasteiger partial charge in [-0.15, -0.1) is 23.7 Å². The predicted octanol–water partition coefficient (Wildman–Crippen LogP) is 2.70. The number of hydrogen-bond donors (Lipinski definition) is 2. The molecular formula is C17H20ClN5OS. The Morgan fingerprint density at radius 1 is 1.40 bits per heavy atom. The Kier molecular flexibility index (Phi) is 5.08. The van der Waals surface area contributed by atoms with Gasteiger partial charge in [0.15, 0.2) is 0 Å². The number of carbonyl (C=O) groups is 1. The van der Waals surface area contributed by atoms with Crippen LogP contribution in [-0.2, 0) is 11.8 Å². The summed E-state index contributed by atoms with van der Waals surface area (Å²) in [6.45, 7) is 3.48. The SMILES string of the molecule is Cc1nc2ccc(NC(=O)[C@H]3CNC[C@@H]3c3cnn(C)c3)cc2s1.Cl. The Labute approximate surface area is 156 Å². The van der Waals surface area contributed by atoms with Gasteiger partial charge in [0.05, 0.1) is 27.3 Å². The summed E-state index contributed by atoms with van der Waals surface area (Å²) in [6, 6.07) is 5.88. The van der Waals surface area contributed by atoms with Crippen LogP contribution in [0.15, 0.2) is 30.6 Å². The molecule has 8 heteroatoms. The zero-order valence-electron chi connectivity index (χ0n) is 14.0. The maximum Gasteiger partial charge on any atom is 0.229 e. The summed E-state index contributed by atoms with van der Waals surface area (Å²) in [6.07, 6.45) is 3.84. The van der Waals surface area contributed by atoms with E-state index in [-0.39, 0.29) is 30.2 Å². The average molecular weight is 378 g/mol. The van der Waals surface area contributed by atoms with E-state index in [1.165, 1.54) is 0 Å². The minimum atomic E-state index is -0.0897. The molecule has 2 N–H and O–H groups in total. The summed E-state index contributed by atoms with van der Waals surface area (Å²) < 4.78 is 2.88. The van der Waals surface area contributed by atoms with Crippen LogP contribution < -0.4 is 10.6 Å². The lowest BCUT2D eigenvalue weighted by atomic mass is 9.90. The van der Waals surface area contributed by atoms with Crippen LogP contribution in [0.1, 0.15) is 16.5 Å². The van der Waals surface area contributed by atoms with Crippen LogP contribution in [0.25, 0.3) is 10.2 Å². The number of hydrogen-bond acceptors (Lipinski definition) is 5. The molecule has 6 nitrogen and oxygen atoms in total. The molecule has 132 valence electrons. The standard InChI is InChI=1S/C17H19N5OS.ClH/c1-10-20-15-4-3-12(5-16(15)24-10)21-17(23)14-8-18-7-13(14)11-6-19-22(2)9-11;/h3-6,9,13-14,18H,7-8H2,1-2H3,(H,21,23);1H/t13-,14+;/m1./s1. The number of rotatable bonds is 3. The van der Waals surface area contributed by atoms with Gasteiger partial charge < -0.3 is 10.6 Å². The lowest BCUT2D eigenvalue weighted by molar-refractivity contribution is -0.119. The van der Waals surface area contributed by atoms with Crippen LogP contribution in [0.5, 0.6) is 0 Å². The van der Waals surface area contributed by atoms with Gasteiger partial charge in [-0.25, -0.2) is 4.98 Å². The van der Waals surface area contributed by atoms with Gasteiger partial charge in [-0.05, 0) is 30.7 Å². The molecule has 0 unspecified atom stereocenters. The fraction of sp³-hybridized carbons (Fsp3) is 0.353. The van der Waals surface area contributed by atoms with E-state index < -0.39 is 0 Å². The van der Waals surface area contributed by atoms with E-state index in [1.54, 1.807) is 16.0 Å². The van der Waals surface area contributed by atoms with Crippen molar-refractivity contribution < 1.29 is 4.79 Å². The van der Waals surface area contributed by atoms with E-state index in [1.807, 2.05) is 44.6 Å². The highest BCUT2D eigenvalue weighted by Crippen LogP contribution is 2.30. The van der Waals surface area contributed by atoms with Crippen molar-refractivity contribution in [3.05, 3.63) is 41.2 Å². The largest absolute Gasteiger partial charge is 0.326 e. The van der Waals surface area contributed by atoms with Gasteiger partial charge >= 0.3 is 0 Å². The number of halogens is 1. The second-order valence-corrected chi connectivity index (χ2v) is 7.46. The zero-order chi connectivity index (χ0) is 16.7. The van der Waals surface area contributed by atoms with Crippen LogP contribution >= 0.6 is 23.7 Å². The smallest absolute Gasteiger partial charge is 0.229 e. The van der Waals surface area contributed by atoms with Gasteiger partial charge in [-0.3, -0.25) is 9.48 Å². The molecule has 0 saturated carbocycles. The third-order valence-corrected chi connectivity index (χ3v) is 5.40. The number of benzene rings is 1. The van der Waals surface area contributed by atoms with Crippen LogP contribution in [-0.4, -0.2) is 33.8 Å². The first-order chi connectivity index (χ1) is 11.6. The molecule has 2 aromatic heterocycles. The van der Waals surface area contributed by atoms with Crippen molar-refractivity contribution in [3.8, 4) is 0 Å². The summed E-state index contributed by atoms with van der Waals surface area (Å²) in [5.74, 6) is 0.121.